The second-order valence-electron chi connectivity index (χ2n) is 8.77. The molecule has 3 aromatic rings. The zero-order valence-electron chi connectivity index (χ0n) is 19.0. The van der Waals surface area contributed by atoms with Gasteiger partial charge >= 0.3 is 6.18 Å². The molecule has 8 nitrogen and oxygen atoms in total. The van der Waals surface area contributed by atoms with E-state index < -0.39 is 35.5 Å². The van der Waals surface area contributed by atoms with E-state index in [1.54, 1.807) is 6.07 Å². The van der Waals surface area contributed by atoms with Gasteiger partial charge in [0.1, 0.15) is 12.1 Å². The average molecular weight is 502 g/mol. The van der Waals surface area contributed by atoms with Crippen LogP contribution in [0.2, 0.25) is 0 Å². The first-order valence-corrected chi connectivity index (χ1v) is 11.2. The summed E-state index contributed by atoms with van der Waals surface area (Å²) in [7, 11) is 0. The lowest BCUT2D eigenvalue weighted by Gasteiger charge is -2.38. The first-order valence-electron chi connectivity index (χ1n) is 11.2. The normalized spacial score (nSPS) is 15.5. The highest BCUT2D eigenvalue weighted by atomic mass is 19.4. The van der Waals surface area contributed by atoms with Crippen LogP contribution in [0.1, 0.15) is 36.0 Å². The maximum absolute atomic E-state index is 13.7. The Morgan fingerprint density at radius 3 is 2.56 bits per heavy atom. The van der Waals surface area contributed by atoms with Crippen LogP contribution in [0.5, 0.6) is 0 Å². The van der Waals surface area contributed by atoms with Gasteiger partial charge < -0.3 is 10.0 Å². The van der Waals surface area contributed by atoms with Gasteiger partial charge in [-0.3, -0.25) is 4.79 Å². The molecule has 0 saturated carbocycles. The van der Waals surface area contributed by atoms with E-state index in [1.165, 1.54) is 35.5 Å². The fourth-order valence-corrected chi connectivity index (χ4v) is 4.28. The standard InChI is InChI=1S/C24H22F4N6O2/c1-29-21-12-16(2-5-20(21)25)6-7-23(36)8-10-33(11-9-23)22(35)13-17-3-4-18(34-15-30-31-32-34)14-19(17)24(26,27)28/h2-5,12,14-15,36H,6-11,13H2. The molecule has 1 fully saturated rings. The van der Waals surface area contributed by atoms with Crippen molar-refractivity contribution in [3.05, 3.63) is 76.7 Å². The number of aliphatic hydroxyl groups is 1. The fraction of sp³-hybridized carbons (Fsp3) is 0.375. The van der Waals surface area contributed by atoms with E-state index in [0.29, 0.717) is 12.8 Å². The second kappa shape index (κ2) is 10.0. The lowest BCUT2D eigenvalue weighted by atomic mass is 9.85. The summed E-state index contributed by atoms with van der Waals surface area (Å²) in [6.45, 7) is 7.42. The van der Waals surface area contributed by atoms with Crippen molar-refractivity contribution in [3.63, 3.8) is 0 Å². The van der Waals surface area contributed by atoms with Crippen LogP contribution in [0.4, 0.5) is 23.2 Å². The molecule has 4 rings (SSSR count). The monoisotopic (exact) mass is 502 g/mol. The number of amides is 1. The molecular weight excluding hydrogens is 480 g/mol. The van der Waals surface area contributed by atoms with Gasteiger partial charge in [0.15, 0.2) is 0 Å². The molecule has 12 heteroatoms. The van der Waals surface area contributed by atoms with E-state index in [2.05, 4.69) is 20.4 Å². The third-order valence-electron chi connectivity index (χ3n) is 6.41. The number of aromatic nitrogens is 4. The lowest BCUT2D eigenvalue weighted by molar-refractivity contribution is -0.139. The maximum atomic E-state index is 13.7. The average Bonchev–Trinajstić information content (AvgIpc) is 3.38. The van der Waals surface area contributed by atoms with E-state index in [9.17, 15) is 27.5 Å². The van der Waals surface area contributed by atoms with Gasteiger partial charge in [0.25, 0.3) is 0 Å². The van der Waals surface area contributed by atoms with Gasteiger partial charge in [-0.1, -0.05) is 23.8 Å². The molecule has 0 aliphatic carbocycles. The predicted octanol–water partition coefficient (Wildman–Crippen LogP) is 3.90. The lowest BCUT2D eigenvalue weighted by Crippen LogP contribution is -2.47. The molecule has 1 aliphatic heterocycles. The minimum Gasteiger partial charge on any atom is -0.390 e. The molecule has 188 valence electrons. The largest absolute Gasteiger partial charge is 0.416 e. The number of piperidine rings is 1. The number of carbonyl (C=O) groups excluding carboxylic acids is 1. The Balaban J connectivity index is 1.38. The molecule has 1 aliphatic rings. The van der Waals surface area contributed by atoms with Gasteiger partial charge in [-0.05, 0) is 59.9 Å². The molecule has 2 aromatic carbocycles. The van der Waals surface area contributed by atoms with E-state index in [1.807, 2.05) is 0 Å². The summed E-state index contributed by atoms with van der Waals surface area (Å²) in [6.07, 6.45) is -2.62. The molecule has 36 heavy (non-hydrogen) atoms. The number of likely N-dealkylation sites (tertiary alicyclic amines) is 1. The number of benzene rings is 2. The quantitative estimate of drug-likeness (QED) is 0.408. The van der Waals surface area contributed by atoms with Crippen LogP contribution in [-0.2, 0) is 23.8 Å². The van der Waals surface area contributed by atoms with Gasteiger partial charge in [-0.15, -0.1) is 5.10 Å². The Labute approximate surface area is 204 Å². The SMILES string of the molecule is [C-]#[N+]c1cc(CCC2(O)CCN(C(=O)Cc3ccc(-n4cnnn4)cc3C(F)(F)F)CC2)ccc1F. The number of hydrogen-bond acceptors (Lipinski definition) is 5. The number of alkyl halides is 3. The van der Waals surface area contributed by atoms with Crippen LogP contribution in [0, 0.1) is 12.4 Å². The molecule has 1 aromatic heterocycles. The van der Waals surface area contributed by atoms with Crippen molar-refractivity contribution in [2.75, 3.05) is 13.1 Å². The molecule has 2 heterocycles. The Morgan fingerprint density at radius 2 is 1.92 bits per heavy atom. The summed E-state index contributed by atoms with van der Waals surface area (Å²) in [6, 6.07) is 7.81. The molecule has 1 amide bonds. The highest BCUT2D eigenvalue weighted by Gasteiger charge is 2.36. The molecule has 1 saturated heterocycles. The minimum atomic E-state index is -4.67. The highest BCUT2D eigenvalue weighted by Crippen LogP contribution is 2.34. The number of nitrogens with zero attached hydrogens (tertiary/aromatic N) is 6. The number of rotatable bonds is 6. The summed E-state index contributed by atoms with van der Waals surface area (Å²) >= 11 is 0. The smallest absolute Gasteiger partial charge is 0.390 e. The molecule has 0 unspecified atom stereocenters. The topological polar surface area (TPSA) is 88.5 Å². The Kier molecular flexibility index (Phi) is 7.03. The number of carbonyl (C=O) groups is 1. The number of hydrogen-bond donors (Lipinski definition) is 1. The summed E-state index contributed by atoms with van der Waals surface area (Å²) in [4.78, 5) is 17.4. The van der Waals surface area contributed by atoms with Gasteiger partial charge in [0, 0.05) is 13.1 Å². The van der Waals surface area contributed by atoms with E-state index in [-0.39, 0.29) is 42.9 Å². The zero-order chi connectivity index (χ0) is 25.9. The van der Waals surface area contributed by atoms with Crippen LogP contribution in [-0.4, -0.2) is 54.8 Å². The summed E-state index contributed by atoms with van der Waals surface area (Å²) in [5.74, 6) is -1.06. The van der Waals surface area contributed by atoms with Crippen molar-refractivity contribution in [3.8, 4) is 5.69 Å². The van der Waals surface area contributed by atoms with Crippen LogP contribution in [0.15, 0.2) is 42.7 Å². The van der Waals surface area contributed by atoms with Crippen LogP contribution >= 0.6 is 0 Å². The van der Waals surface area contributed by atoms with Gasteiger partial charge in [0.05, 0.1) is 29.8 Å². The number of halogens is 4. The van der Waals surface area contributed by atoms with Gasteiger partial charge in [0.2, 0.25) is 11.6 Å². The van der Waals surface area contributed by atoms with E-state index >= 15 is 0 Å². The molecule has 0 atom stereocenters. The Bertz CT molecular complexity index is 1280. The van der Waals surface area contributed by atoms with Crippen LogP contribution < -0.4 is 0 Å². The van der Waals surface area contributed by atoms with Crippen molar-refractivity contribution in [1.29, 1.82) is 0 Å². The minimum absolute atomic E-state index is 0.0795. The van der Waals surface area contributed by atoms with Crippen molar-refractivity contribution >= 4 is 11.6 Å². The predicted molar refractivity (Wildman–Crippen MR) is 120 cm³/mol. The Morgan fingerprint density at radius 1 is 1.17 bits per heavy atom. The molecule has 0 spiro atoms. The first kappa shape index (κ1) is 25.2. The molecule has 0 radical (unpaired) electrons. The summed E-state index contributed by atoms with van der Waals surface area (Å²) in [5.41, 5.74) is -1.39. The van der Waals surface area contributed by atoms with Crippen molar-refractivity contribution in [1.82, 2.24) is 25.1 Å². The number of aryl methyl sites for hydroxylation is 1. The fourth-order valence-electron chi connectivity index (χ4n) is 4.28. The summed E-state index contributed by atoms with van der Waals surface area (Å²) in [5, 5.41) is 21.4. The summed E-state index contributed by atoms with van der Waals surface area (Å²) < 4.78 is 55.7. The van der Waals surface area contributed by atoms with Crippen LogP contribution in [0.25, 0.3) is 10.5 Å². The third kappa shape index (κ3) is 5.68. The molecule has 0 bridgehead atoms. The van der Waals surface area contributed by atoms with Gasteiger partial charge in [-0.25, -0.2) is 13.9 Å². The maximum Gasteiger partial charge on any atom is 0.416 e. The van der Waals surface area contributed by atoms with Crippen molar-refractivity contribution < 1.29 is 27.5 Å². The molecular formula is C24H22F4N6O2. The molecule has 1 N–H and O–H groups in total. The first-order chi connectivity index (χ1) is 17.1. The zero-order valence-corrected chi connectivity index (χ0v) is 19.0. The van der Waals surface area contributed by atoms with Crippen molar-refractivity contribution in [2.45, 2.75) is 43.9 Å². The van der Waals surface area contributed by atoms with Gasteiger partial charge in [-0.2, -0.15) is 13.2 Å². The van der Waals surface area contributed by atoms with Crippen LogP contribution in [0.3, 0.4) is 0 Å². The van der Waals surface area contributed by atoms with E-state index in [4.69, 9.17) is 6.57 Å². The third-order valence-corrected chi connectivity index (χ3v) is 6.41. The number of tetrazole rings is 1. The second-order valence-corrected chi connectivity index (χ2v) is 8.77. The Hall–Kier alpha value is -3.85. The highest BCUT2D eigenvalue weighted by molar-refractivity contribution is 5.79. The van der Waals surface area contributed by atoms with Crippen molar-refractivity contribution in [2.24, 2.45) is 0 Å². The van der Waals surface area contributed by atoms with E-state index in [0.717, 1.165) is 16.3 Å².